The number of aromatic nitrogens is 4. The highest BCUT2D eigenvalue weighted by Crippen LogP contribution is 2.48. The first-order chi connectivity index (χ1) is 29.6. The van der Waals surface area contributed by atoms with Crippen LogP contribution in [0.15, 0.2) is 53.2 Å². The van der Waals surface area contributed by atoms with Crippen LogP contribution in [0.5, 0.6) is 17.5 Å². The fourth-order valence-electron chi connectivity index (χ4n) is 9.92. The zero-order valence-corrected chi connectivity index (χ0v) is 37.6. The zero-order valence-electron chi connectivity index (χ0n) is 36.0. The Labute approximate surface area is 367 Å². The highest BCUT2D eigenvalue weighted by Gasteiger charge is 2.46. The van der Waals surface area contributed by atoms with Gasteiger partial charge in [-0.25, -0.2) is 9.00 Å². The van der Waals surface area contributed by atoms with E-state index in [0.29, 0.717) is 42.6 Å². The Hall–Kier alpha value is -4.93. The average molecular weight is 891 g/mol. The van der Waals surface area contributed by atoms with Crippen molar-refractivity contribution in [1.82, 2.24) is 19.6 Å². The van der Waals surface area contributed by atoms with E-state index >= 15 is 4.21 Å². The van der Waals surface area contributed by atoms with Crippen LogP contribution < -0.4 is 19.1 Å². The molecule has 15 nitrogen and oxygen atoms in total. The minimum absolute atomic E-state index is 0.0619. The Morgan fingerprint density at radius 3 is 2.42 bits per heavy atom. The number of fused-ring (bicyclic) bond motifs is 4. The molecule has 1 N–H and O–H groups in total. The van der Waals surface area contributed by atoms with E-state index in [2.05, 4.69) is 25.5 Å². The minimum Gasteiger partial charge on any atom is -0.490 e. The number of Topliss-reactive ketones (excluding diaryl/α,β-unsaturated/α-hetero) is 1. The second-order valence-corrected chi connectivity index (χ2v) is 20.6. The predicted octanol–water partition coefficient (Wildman–Crippen LogP) is 6.22. The van der Waals surface area contributed by atoms with Crippen LogP contribution >= 0.6 is 11.6 Å². The van der Waals surface area contributed by atoms with E-state index in [4.69, 9.17) is 30.5 Å². The molecule has 332 valence electrons. The van der Waals surface area contributed by atoms with E-state index in [0.717, 1.165) is 32.1 Å². The largest absolute Gasteiger partial charge is 0.490 e. The van der Waals surface area contributed by atoms with E-state index < -0.39 is 61.9 Å². The summed E-state index contributed by atoms with van der Waals surface area (Å²) in [5.74, 6) is -2.33. The maximum absolute atomic E-state index is 15.3. The molecule has 2 aromatic heterocycles. The van der Waals surface area contributed by atoms with E-state index in [1.165, 1.54) is 40.9 Å². The van der Waals surface area contributed by atoms with Crippen molar-refractivity contribution in [3.63, 3.8) is 0 Å². The van der Waals surface area contributed by atoms with E-state index in [9.17, 15) is 19.5 Å². The summed E-state index contributed by atoms with van der Waals surface area (Å²) >= 11 is 6.51. The number of methoxy groups -OCH3 is 2. The van der Waals surface area contributed by atoms with Gasteiger partial charge in [0.25, 0.3) is 5.91 Å². The molecule has 0 radical (unpaired) electrons. The maximum atomic E-state index is 15.3. The standard InChI is InChI=1S/C45H55ClN6O9S/c1-26-27(2)62(57,23-38(54)33-21-50(3)47-42(33)58-5)49-41(55)29-10-15-40-36(19-29)52(24-45(25-60-40)17-7-8-28-18-31(46)11-13-35(28)45)20-30-9-12-32(30)39(16-14-37(26)53)61-44(56)34-22-51(4)48-43(34)59-6/h10-11,13,15,18-19,21-22,26-27,30,32,37,39,53H,7-9,12,14,16-17,20,23-25H2,1-6H3/t26-,27-,30+,32-,37+,39+,45+,62+/m1/s1. The molecule has 2 aromatic carbocycles. The highest BCUT2D eigenvalue weighted by molar-refractivity contribution is 7.95. The third-order valence-corrected chi connectivity index (χ3v) is 16.7. The molecule has 4 aliphatic rings. The number of anilines is 1. The summed E-state index contributed by atoms with van der Waals surface area (Å²) in [6.07, 6.45) is 6.30. The topological polar surface area (TPSA) is 177 Å². The number of aliphatic hydroxyl groups excluding tert-OH is 1. The van der Waals surface area contributed by atoms with Gasteiger partial charge in [-0.3, -0.25) is 19.0 Å². The first kappa shape index (κ1) is 43.7. The van der Waals surface area contributed by atoms with Crippen molar-refractivity contribution >= 4 is 44.7 Å². The Bertz CT molecular complexity index is 2510. The van der Waals surface area contributed by atoms with Crippen molar-refractivity contribution in [2.45, 2.75) is 81.7 Å². The Morgan fingerprint density at radius 2 is 1.71 bits per heavy atom. The first-order valence-electron chi connectivity index (χ1n) is 21.3. The van der Waals surface area contributed by atoms with Gasteiger partial charge in [-0.1, -0.05) is 24.6 Å². The second-order valence-electron chi connectivity index (χ2n) is 17.5. The lowest BCUT2D eigenvalue weighted by atomic mass is 9.68. The molecular weight excluding hydrogens is 836 g/mol. The molecule has 1 amide bonds. The van der Waals surface area contributed by atoms with Crippen LogP contribution in [0.3, 0.4) is 0 Å². The van der Waals surface area contributed by atoms with Crippen LogP contribution in [0.2, 0.25) is 5.02 Å². The third kappa shape index (κ3) is 8.32. The number of hydrogen-bond acceptors (Lipinski definition) is 12. The van der Waals surface area contributed by atoms with Crippen molar-refractivity contribution in [1.29, 1.82) is 0 Å². The van der Waals surface area contributed by atoms with Gasteiger partial charge < -0.3 is 29.0 Å². The summed E-state index contributed by atoms with van der Waals surface area (Å²) in [4.78, 5) is 44.6. The molecule has 1 fully saturated rings. The lowest BCUT2D eigenvalue weighted by Crippen LogP contribution is -2.50. The number of benzene rings is 2. The van der Waals surface area contributed by atoms with Gasteiger partial charge in [0.1, 0.15) is 23.0 Å². The smallest absolute Gasteiger partial charge is 0.345 e. The van der Waals surface area contributed by atoms with E-state index in [1.54, 1.807) is 52.3 Å². The lowest BCUT2D eigenvalue weighted by molar-refractivity contribution is -0.0320. The summed E-state index contributed by atoms with van der Waals surface area (Å²) in [5.41, 5.74) is 3.19. The van der Waals surface area contributed by atoms with E-state index in [-0.39, 0.29) is 46.7 Å². The molecule has 4 heterocycles. The Kier molecular flexibility index (Phi) is 12.2. The number of carbonyl (C=O) groups is 3. The summed E-state index contributed by atoms with van der Waals surface area (Å²) in [6.45, 7) is 4.95. The van der Waals surface area contributed by atoms with Crippen LogP contribution in [0.4, 0.5) is 5.69 Å². The molecule has 2 aliphatic carbocycles. The van der Waals surface area contributed by atoms with Gasteiger partial charge in [0.05, 0.1) is 48.1 Å². The van der Waals surface area contributed by atoms with Crippen molar-refractivity contribution < 1.29 is 42.6 Å². The van der Waals surface area contributed by atoms with Gasteiger partial charge in [-0.15, -0.1) is 10.2 Å². The summed E-state index contributed by atoms with van der Waals surface area (Å²) in [5, 5.41) is 20.1. The van der Waals surface area contributed by atoms with Gasteiger partial charge in [0.2, 0.25) is 11.8 Å². The molecule has 2 bridgehead atoms. The number of amides is 1. The number of hydrogen-bond donors (Lipinski definition) is 1. The number of ether oxygens (including phenoxy) is 4. The molecule has 1 spiro atoms. The van der Waals surface area contributed by atoms with Crippen LogP contribution in [0, 0.1) is 17.8 Å². The van der Waals surface area contributed by atoms with Crippen molar-refractivity contribution in [2.24, 2.45) is 36.2 Å². The summed E-state index contributed by atoms with van der Waals surface area (Å²) in [7, 11) is 2.46. The molecule has 8 rings (SSSR count). The van der Waals surface area contributed by atoms with Crippen molar-refractivity contribution in [3.8, 4) is 17.5 Å². The number of rotatable bonds is 7. The van der Waals surface area contributed by atoms with Crippen molar-refractivity contribution in [3.05, 3.63) is 81.6 Å². The number of esters is 1. The SMILES string of the molecule is COc1nn(C)cc1C(=O)C[S@@]1(=O)=NC(=O)c2ccc3c(c2)N(C[C@@H]2CC[C@H]2[C@@H](OC(=O)c2cn(C)nc2OC)CC[C@H](O)[C@H](C)[C@H]1C)C[C@@]1(CCCc2cc(Cl)ccc21)CO3. The number of ketones is 1. The molecule has 1 saturated carbocycles. The van der Waals surface area contributed by atoms with Gasteiger partial charge in [0.15, 0.2) is 5.78 Å². The molecule has 17 heteroatoms. The van der Waals surface area contributed by atoms with Crippen LogP contribution in [0.25, 0.3) is 0 Å². The molecule has 0 unspecified atom stereocenters. The summed E-state index contributed by atoms with van der Waals surface area (Å²) < 4.78 is 46.5. The van der Waals surface area contributed by atoms with Gasteiger partial charge in [0, 0.05) is 66.7 Å². The predicted molar refractivity (Wildman–Crippen MR) is 233 cm³/mol. The molecular formula is C45H55ClN6O9S. The van der Waals surface area contributed by atoms with Crippen LogP contribution in [-0.4, -0.2) is 104 Å². The highest BCUT2D eigenvalue weighted by atomic mass is 35.5. The molecule has 0 saturated heterocycles. The molecule has 4 aromatic rings. The number of carbonyl (C=O) groups excluding carboxylic acids is 3. The minimum atomic E-state index is -3.71. The molecule has 2 aliphatic heterocycles. The average Bonchev–Trinajstić information content (AvgIpc) is 3.78. The van der Waals surface area contributed by atoms with Crippen molar-refractivity contribution in [2.75, 3.05) is 44.6 Å². The quantitative estimate of drug-likeness (QED) is 0.164. The van der Waals surface area contributed by atoms with Gasteiger partial charge >= 0.3 is 5.97 Å². The Morgan fingerprint density at radius 1 is 0.984 bits per heavy atom. The second kappa shape index (κ2) is 17.3. The zero-order chi connectivity index (χ0) is 44.1. The number of aryl methyl sites for hydroxylation is 3. The van der Waals surface area contributed by atoms with E-state index in [1.807, 2.05) is 12.1 Å². The Balaban J connectivity index is 1.23. The lowest BCUT2D eigenvalue weighted by Gasteiger charge is -2.46. The molecule has 8 atom stereocenters. The van der Waals surface area contributed by atoms with Crippen LogP contribution in [-0.2, 0) is 40.4 Å². The fourth-order valence-corrected chi connectivity index (χ4v) is 12.4. The normalized spacial score (nSPS) is 28.6. The maximum Gasteiger partial charge on any atom is 0.345 e. The number of nitrogens with zero attached hydrogens (tertiary/aromatic N) is 6. The van der Waals surface area contributed by atoms with Gasteiger partial charge in [-0.05, 0) is 105 Å². The van der Waals surface area contributed by atoms with Crippen LogP contribution in [0.1, 0.15) is 94.6 Å². The molecule has 62 heavy (non-hydrogen) atoms. The fraction of sp³-hybridized carbons (Fsp3) is 0.533. The number of halogens is 1. The summed E-state index contributed by atoms with van der Waals surface area (Å²) in [6, 6.07) is 11.2. The first-order valence-corrected chi connectivity index (χ1v) is 23.4. The third-order valence-electron chi connectivity index (χ3n) is 13.7. The number of aliphatic hydroxyl groups is 1. The van der Waals surface area contributed by atoms with Gasteiger partial charge in [-0.2, -0.15) is 4.36 Å². The monoisotopic (exact) mass is 890 g/mol.